The lowest BCUT2D eigenvalue weighted by molar-refractivity contribution is -0.146. The number of aromatic nitrogens is 1. The number of allylic oxidation sites excluding steroid dienone is 1. The highest BCUT2D eigenvalue weighted by atomic mass is 16.2. The Labute approximate surface area is 153 Å². The van der Waals surface area contributed by atoms with Gasteiger partial charge in [0.05, 0.1) is 0 Å². The van der Waals surface area contributed by atoms with Gasteiger partial charge in [-0.25, -0.2) is 0 Å². The molecule has 0 spiro atoms. The van der Waals surface area contributed by atoms with Crippen molar-refractivity contribution >= 4 is 22.7 Å². The number of rotatable bonds is 4. The van der Waals surface area contributed by atoms with Gasteiger partial charge in [-0.05, 0) is 24.5 Å². The van der Waals surface area contributed by atoms with Gasteiger partial charge in [0.15, 0.2) is 0 Å². The molecule has 2 aliphatic heterocycles. The summed E-state index contributed by atoms with van der Waals surface area (Å²) in [6.45, 7) is 8.87. The number of para-hydroxylation sites is 1. The Hall–Kier alpha value is -2.56. The number of piperazine rings is 1. The van der Waals surface area contributed by atoms with Gasteiger partial charge in [-0.1, -0.05) is 38.1 Å². The fourth-order valence-electron chi connectivity index (χ4n) is 4.24. The molecule has 1 aromatic heterocycles. The molecule has 26 heavy (non-hydrogen) atoms. The number of carbonyl (C=O) groups is 2. The average Bonchev–Trinajstić information content (AvgIpc) is 3.25. The molecule has 3 heterocycles. The van der Waals surface area contributed by atoms with Crippen LogP contribution in [0.3, 0.4) is 0 Å². The van der Waals surface area contributed by atoms with Gasteiger partial charge >= 0.3 is 0 Å². The molecule has 1 aromatic carbocycles. The molecule has 2 fully saturated rings. The standard InChI is InChI=1S/C21H25N3O2/c1-4-21(2,3)18-14(13-8-5-6-9-15(13)22-18)12-16-20(26)24-11-7-10-17(24)19(25)23-16/h4-6,8-9,16-17,22H,1,7,10-12H2,2-3H3,(H,23,25). The van der Waals surface area contributed by atoms with Crippen LogP contribution in [0.15, 0.2) is 36.9 Å². The SMILES string of the molecule is C=CC(C)(C)c1[nH]c2ccccc2c1CC1NC(=O)C2CCCN2C1=O. The Bertz CT molecular complexity index is 896. The summed E-state index contributed by atoms with van der Waals surface area (Å²) < 4.78 is 0. The maximum atomic E-state index is 12.9. The van der Waals surface area contributed by atoms with Crippen LogP contribution >= 0.6 is 0 Å². The van der Waals surface area contributed by atoms with Gasteiger partial charge in [0, 0.05) is 35.0 Å². The molecular weight excluding hydrogens is 326 g/mol. The molecule has 2 saturated heterocycles. The Kier molecular flexibility index (Phi) is 3.90. The minimum atomic E-state index is -0.504. The van der Waals surface area contributed by atoms with Crippen LogP contribution in [0.5, 0.6) is 0 Å². The van der Waals surface area contributed by atoms with Gasteiger partial charge in [0.1, 0.15) is 12.1 Å². The number of nitrogens with zero attached hydrogens (tertiary/aromatic N) is 1. The third-order valence-corrected chi connectivity index (χ3v) is 5.83. The Morgan fingerprint density at radius 2 is 2.08 bits per heavy atom. The number of aromatic amines is 1. The van der Waals surface area contributed by atoms with E-state index < -0.39 is 6.04 Å². The lowest BCUT2D eigenvalue weighted by Crippen LogP contribution is -2.61. The van der Waals surface area contributed by atoms with E-state index in [0.717, 1.165) is 35.0 Å². The summed E-state index contributed by atoms with van der Waals surface area (Å²) in [7, 11) is 0. The highest BCUT2D eigenvalue weighted by Gasteiger charge is 2.43. The fraction of sp³-hybridized carbons (Fsp3) is 0.429. The summed E-state index contributed by atoms with van der Waals surface area (Å²) in [6.07, 6.45) is 4.08. The summed E-state index contributed by atoms with van der Waals surface area (Å²) >= 11 is 0. The number of hydrogen-bond donors (Lipinski definition) is 2. The summed E-state index contributed by atoms with van der Waals surface area (Å²) in [6, 6.07) is 7.33. The molecule has 2 N–H and O–H groups in total. The van der Waals surface area contributed by atoms with Gasteiger partial charge in [-0.15, -0.1) is 6.58 Å². The van der Waals surface area contributed by atoms with Gasteiger partial charge < -0.3 is 15.2 Å². The van der Waals surface area contributed by atoms with Crippen LogP contribution in [0.2, 0.25) is 0 Å². The van der Waals surface area contributed by atoms with Crippen molar-refractivity contribution in [1.82, 2.24) is 15.2 Å². The zero-order valence-corrected chi connectivity index (χ0v) is 15.3. The van der Waals surface area contributed by atoms with Crippen LogP contribution in [0.4, 0.5) is 0 Å². The molecule has 0 bridgehead atoms. The summed E-state index contributed by atoms with van der Waals surface area (Å²) in [5, 5.41) is 4.07. The van der Waals surface area contributed by atoms with Crippen LogP contribution < -0.4 is 5.32 Å². The van der Waals surface area contributed by atoms with Crippen molar-refractivity contribution in [2.45, 2.75) is 50.6 Å². The summed E-state index contributed by atoms with van der Waals surface area (Å²) in [5.41, 5.74) is 2.92. The number of hydrogen-bond acceptors (Lipinski definition) is 2. The third-order valence-electron chi connectivity index (χ3n) is 5.83. The Morgan fingerprint density at radius 1 is 1.31 bits per heavy atom. The van der Waals surface area contributed by atoms with Crippen molar-refractivity contribution in [2.75, 3.05) is 6.54 Å². The Morgan fingerprint density at radius 3 is 2.85 bits per heavy atom. The van der Waals surface area contributed by atoms with Crippen LogP contribution in [0.25, 0.3) is 10.9 Å². The normalized spacial score (nSPS) is 23.2. The minimum absolute atomic E-state index is 0.0172. The van der Waals surface area contributed by atoms with Crippen LogP contribution in [0.1, 0.15) is 37.9 Å². The van der Waals surface area contributed by atoms with E-state index in [9.17, 15) is 9.59 Å². The predicted molar refractivity (Wildman–Crippen MR) is 102 cm³/mol. The second kappa shape index (κ2) is 6.01. The maximum Gasteiger partial charge on any atom is 0.246 e. The van der Waals surface area contributed by atoms with Gasteiger partial charge in [0.2, 0.25) is 11.8 Å². The third kappa shape index (κ3) is 2.54. The zero-order valence-electron chi connectivity index (χ0n) is 15.3. The first-order valence-corrected chi connectivity index (χ1v) is 9.27. The van der Waals surface area contributed by atoms with Crippen molar-refractivity contribution < 1.29 is 9.59 Å². The summed E-state index contributed by atoms with van der Waals surface area (Å²) in [4.78, 5) is 30.6. The van der Waals surface area contributed by atoms with Gasteiger partial charge in [-0.3, -0.25) is 9.59 Å². The van der Waals surface area contributed by atoms with E-state index in [4.69, 9.17) is 0 Å². The molecule has 2 aromatic rings. The zero-order chi connectivity index (χ0) is 18.5. The van der Waals surface area contributed by atoms with Crippen LogP contribution in [-0.4, -0.2) is 40.3 Å². The monoisotopic (exact) mass is 351 g/mol. The molecule has 2 atom stereocenters. The van der Waals surface area contributed by atoms with Crippen molar-refractivity contribution in [2.24, 2.45) is 0 Å². The van der Waals surface area contributed by atoms with Crippen molar-refractivity contribution in [3.8, 4) is 0 Å². The number of H-pyrrole nitrogens is 1. The van der Waals surface area contributed by atoms with Gasteiger partial charge in [-0.2, -0.15) is 0 Å². The smallest absolute Gasteiger partial charge is 0.246 e. The quantitative estimate of drug-likeness (QED) is 0.832. The lowest BCUT2D eigenvalue weighted by Gasteiger charge is -2.35. The highest BCUT2D eigenvalue weighted by molar-refractivity contribution is 5.98. The van der Waals surface area contributed by atoms with E-state index in [2.05, 4.69) is 36.8 Å². The molecule has 4 rings (SSSR count). The largest absolute Gasteiger partial charge is 0.357 e. The van der Waals surface area contributed by atoms with Gasteiger partial charge in [0.25, 0.3) is 0 Å². The van der Waals surface area contributed by atoms with E-state index in [1.165, 1.54) is 0 Å². The number of fused-ring (bicyclic) bond motifs is 2. The first kappa shape index (κ1) is 16.9. The maximum absolute atomic E-state index is 12.9. The molecular formula is C21H25N3O2. The van der Waals surface area contributed by atoms with E-state index in [0.29, 0.717) is 13.0 Å². The van der Waals surface area contributed by atoms with E-state index in [-0.39, 0.29) is 23.3 Å². The van der Waals surface area contributed by atoms with Crippen LogP contribution in [-0.2, 0) is 21.4 Å². The lowest BCUT2D eigenvalue weighted by atomic mass is 9.84. The predicted octanol–water partition coefficient (Wildman–Crippen LogP) is 2.66. The molecule has 0 saturated carbocycles. The number of amides is 2. The first-order chi connectivity index (χ1) is 12.4. The number of nitrogens with one attached hydrogen (secondary N) is 2. The molecule has 0 radical (unpaired) electrons. The molecule has 5 nitrogen and oxygen atoms in total. The van der Waals surface area contributed by atoms with E-state index in [1.54, 1.807) is 4.90 Å². The topological polar surface area (TPSA) is 65.2 Å². The summed E-state index contributed by atoms with van der Waals surface area (Å²) in [5.74, 6) is 0.0243. The molecule has 5 heteroatoms. The highest BCUT2D eigenvalue weighted by Crippen LogP contribution is 2.34. The molecule has 2 amide bonds. The second-order valence-electron chi connectivity index (χ2n) is 7.90. The Balaban J connectivity index is 1.75. The average molecular weight is 351 g/mol. The molecule has 2 unspecified atom stereocenters. The second-order valence-corrected chi connectivity index (χ2v) is 7.90. The van der Waals surface area contributed by atoms with Crippen molar-refractivity contribution in [3.05, 3.63) is 48.2 Å². The van der Waals surface area contributed by atoms with Crippen molar-refractivity contribution in [1.29, 1.82) is 0 Å². The van der Waals surface area contributed by atoms with E-state index in [1.807, 2.05) is 24.3 Å². The number of carbonyl (C=O) groups excluding carboxylic acids is 2. The van der Waals surface area contributed by atoms with Crippen LogP contribution in [0, 0.1) is 0 Å². The first-order valence-electron chi connectivity index (χ1n) is 9.27. The number of benzene rings is 1. The minimum Gasteiger partial charge on any atom is -0.357 e. The van der Waals surface area contributed by atoms with E-state index >= 15 is 0 Å². The molecule has 0 aliphatic carbocycles. The molecule has 2 aliphatic rings. The van der Waals surface area contributed by atoms with Crippen molar-refractivity contribution in [3.63, 3.8) is 0 Å². The molecule has 136 valence electrons. The fourth-order valence-corrected chi connectivity index (χ4v) is 4.24.